The summed E-state index contributed by atoms with van der Waals surface area (Å²) in [6, 6.07) is 11.6. The monoisotopic (exact) mass is 344 g/mol. The lowest BCUT2D eigenvalue weighted by molar-refractivity contribution is -0.383. The molecule has 0 unspecified atom stereocenters. The lowest BCUT2D eigenvalue weighted by Gasteiger charge is -2.01. The SMILES string of the molecule is O=C(c1cccc(Br)c1)c1c[nH]c2cccc([N+](=O)[O-])c12. The Kier molecular flexibility index (Phi) is 3.31. The molecule has 0 saturated carbocycles. The molecule has 1 aromatic heterocycles. The van der Waals surface area contributed by atoms with Gasteiger partial charge >= 0.3 is 0 Å². The van der Waals surface area contributed by atoms with E-state index in [0.29, 0.717) is 22.0 Å². The van der Waals surface area contributed by atoms with Crippen molar-refractivity contribution < 1.29 is 9.72 Å². The Bertz CT molecular complexity index is 870. The highest BCUT2D eigenvalue weighted by Gasteiger charge is 2.21. The molecule has 0 aliphatic rings. The number of aromatic amines is 1. The number of H-pyrrole nitrogens is 1. The lowest BCUT2D eigenvalue weighted by Crippen LogP contribution is -2.01. The smallest absolute Gasteiger partial charge is 0.279 e. The first-order chi connectivity index (χ1) is 10.1. The average Bonchev–Trinajstić information content (AvgIpc) is 2.90. The first-order valence-corrected chi connectivity index (χ1v) is 6.92. The third kappa shape index (κ3) is 2.34. The molecule has 0 radical (unpaired) electrons. The Morgan fingerprint density at radius 2 is 1.95 bits per heavy atom. The summed E-state index contributed by atoms with van der Waals surface area (Å²) in [5.74, 6) is -0.253. The molecule has 3 aromatic rings. The van der Waals surface area contributed by atoms with Crippen LogP contribution in [0, 0.1) is 10.1 Å². The predicted octanol–water partition coefficient (Wildman–Crippen LogP) is 4.07. The van der Waals surface area contributed by atoms with Gasteiger partial charge in [-0.25, -0.2) is 0 Å². The van der Waals surface area contributed by atoms with Gasteiger partial charge in [0, 0.05) is 22.3 Å². The quantitative estimate of drug-likeness (QED) is 0.442. The molecular formula is C15H9BrN2O3. The molecule has 2 aromatic carbocycles. The van der Waals surface area contributed by atoms with Gasteiger partial charge in [0.05, 0.1) is 21.4 Å². The van der Waals surface area contributed by atoms with Crippen molar-refractivity contribution in [3.05, 3.63) is 74.4 Å². The zero-order valence-corrected chi connectivity index (χ0v) is 12.3. The highest BCUT2D eigenvalue weighted by atomic mass is 79.9. The molecule has 0 saturated heterocycles. The maximum absolute atomic E-state index is 12.6. The van der Waals surface area contributed by atoms with Crippen molar-refractivity contribution in [1.82, 2.24) is 4.98 Å². The number of benzene rings is 2. The number of fused-ring (bicyclic) bond motifs is 1. The summed E-state index contributed by atoms with van der Waals surface area (Å²) >= 11 is 3.31. The minimum Gasteiger partial charge on any atom is -0.360 e. The van der Waals surface area contributed by atoms with Gasteiger partial charge in [0.25, 0.3) is 5.69 Å². The van der Waals surface area contributed by atoms with E-state index in [1.807, 2.05) is 6.07 Å². The number of non-ortho nitro benzene ring substituents is 1. The summed E-state index contributed by atoms with van der Waals surface area (Å²) in [5.41, 5.74) is 1.27. The van der Waals surface area contributed by atoms with Gasteiger partial charge in [0.2, 0.25) is 0 Å². The number of nitrogens with one attached hydrogen (secondary N) is 1. The number of aromatic nitrogens is 1. The molecule has 0 aliphatic carbocycles. The molecule has 0 bridgehead atoms. The third-order valence-electron chi connectivity index (χ3n) is 3.21. The second-order valence-corrected chi connectivity index (χ2v) is 5.41. The van der Waals surface area contributed by atoms with E-state index in [1.165, 1.54) is 12.3 Å². The number of carbonyl (C=O) groups excluding carboxylic acids is 1. The van der Waals surface area contributed by atoms with Gasteiger partial charge in [-0.2, -0.15) is 0 Å². The van der Waals surface area contributed by atoms with Crippen LogP contribution in [0.5, 0.6) is 0 Å². The minimum absolute atomic E-state index is 0.0768. The Morgan fingerprint density at radius 3 is 2.67 bits per heavy atom. The summed E-state index contributed by atoms with van der Waals surface area (Å²) < 4.78 is 0.780. The molecule has 0 fully saturated rings. The highest BCUT2D eigenvalue weighted by molar-refractivity contribution is 9.10. The summed E-state index contributed by atoms with van der Waals surface area (Å²) in [6.45, 7) is 0. The minimum atomic E-state index is -0.478. The van der Waals surface area contributed by atoms with Crippen LogP contribution in [-0.2, 0) is 0 Å². The lowest BCUT2D eigenvalue weighted by atomic mass is 10.0. The van der Waals surface area contributed by atoms with Crippen LogP contribution in [-0.4, -0.2) is 15.7 Å². The van der Waals surface area contributed by atoms with E-state index in [9.17, 15) is 14.9 Å². The van der Waals surface area contributed by atoms with Crippen LogP contribution in [0.1, 0.15) is 15.9 Å². The van der Waals surface area contributed by atoms with Crippen molar-refractivity contribution in [3.63, 3.8) is 0 Å². The van der Waals surface area contributed by atoms with Crippen molar-refractivity contribution >= 4 is 38.3 Å². The zero-order valence-electron chi connectivity index (χ0n) is 10.7. The maximum Gasteiger partial charge on any atom is 0.279 e. The fourth-order valence-electron chi connectivity index (χ4n) is 2.28. The van der Waals surface area contributed by atoms with Gasteiger partial charge in [-0.1, -0.05) is 34.1 Å². The van der Waals surface area contributed by atoms with Gasteiger partial charge in [0.15, 0.2) is 5.78 Å². The predicted molar refractivity (Wildman–Crippen MR) is 82.5 cm³/mol. The number of carbonyl (C=O) groups is 1. The molecule has 6 heteroatoms. The van der Waals surface area contributed by atoms with Crippen molar-refractivity contribution in [2.24, 2.45) is 0 Å². The summed E-state index contributed by atoms with van der Waals surface area (Å²) in [4.78, 5) is 26.2. The van der Waals surface area contributed by atoms with E-state index in [1.54, 1.807) is 30.3 Å². The first kappa shape index (κ1) is 13.5. The Hall–Kier alpha value is -2.47. The second kappa shape index (κ2) is 5.14. The number of hydrogen-bond acceptors (Lipinski definition) is 3. The molecule has 0 atom stereocenters. The van der Waals surface area contributed by atoms with E-state index in [-0.39, 0.29) is 11.5 Å². The number of ketones is 1. The molecule has 1 heterocycles. The van der Waals surface area contributed by atoms with Gasteiger partial charge < -0.3 is 4.98 Å². The van der Waals surface area contributed by atoms with Crippen molar-refractivity contribution in [2.75, 3.05) is 0 Å². The molecule has 21 heavy (non-hydrogen) atoms. The van der Waals surface area contributed by atoms with Crippen molar-refractivity contribution in [2.45, 2.75) is 0 Å². The van der Waals surface area contributed by atoms with Crippen molar-refractivity contribution in [1.29, 1.82) is 0 Å². The number of halogens is 1. The molecule has 0 amide bonds. The van der Waals surface area contributed by atoms with Gasteiger partial charge in [-0.05, 0) is 18.2 Å². The molecule has 0 aliphatic heterocycles. The maximum atomic E-state index is 12.6. The summed E-state index contributed by atoms with van der Waals surface area (Å²) in [6.07, 6.45) is 1.51. The van der Waals surface area contributed by atoms with Crippen LogP contribution in [0.25, 0.3) is 10.9 Å². The van der Waals surface area contributed by atoms with Crippen LogP contribution in [0.2, 0.25) is 0 Å². The van der Waals surface area contributed by atoms with E-state index in [0.717, 1.165) is 4.47 Å². The largest absolute Gasteiger partial charge is 0.360 e. The number of nitro groups is 1. The second-order valence-electron chi connectivity index (χ2n) is 4.50. The molecule has 5 nitrogen and oxygen atoms in total. The summed E-state index contributed by atoms with van der Waals surface area (Å²) in [5, 5.41) is 11.5. The van der Waals surface area contributed by atoms with E-state index < -0.39 is 4.92 Å². The molecule has 1 N–H and O–H groups in total. The van der Waals surface area contributed by atoms with Gasteiger partial charge in [0.1, 0.15) is 0 Å². The molecular weight excluding hydrogens is 336 g/mol. The number of nitro benzene ring substituents is 1. The first-order valence-electron chi connectivity index (χ1n) is 6.12. The van der Waals surface area contributed by atoms with Crippen LogP contribution >= 0.6 is 15.9 Å². The average molecular weight is 345 g/mol. The summed E-state index contributed by atoms with van der Waals surface area (Å²) in [7, 11) is 0. The van der Waals surface area contributed by atoms with Gasteiger partial charge in [-0.3, -0.25) is 14.9 Å². The Balaban J connectivity index is 2.21. The standard InChI is InChI=1S/C15H9BrN2O3/c16-10-4-1-3-9(7-10)15(19)11-8-17-12-5-2-6-13(14(11)12)18(20)21/h1-8,17H. The third-order valence-corrected chi connectivity index (χ3v) is 3.71. The van der Waals surface area contributed by atoms with Crippen LogP contribution in [0.4, 0.5) is 5.69 Å². The Labute approximate surface area is 127 Å². The molecule has 3 rings (SSSR count). The van der Waals surface area contributed by atoms with Gasteiger partial charge in [-0.15, -0.1) is 0 Å². The number of rotatable bonds is 3. The highest BCUT2D eigenvalue weighted by Crippen LogP contribution is 2.30. The normalized spacial score (nSPS) is 10.7. The van der Waals surface area contributed by atoms with Crippen molar-refractivity contribution in [3.8, 4) is 0 Å². The fourth-order valence-corrected chi connectivity index (χ4v) is 2.68. The van der Waals surface area contributed by atoms with E-state index in [4.69, 9.17) is 0 Å². The van der Waals surface area contributed by atoms with Crippen LogP contribution in [0.3, 0.4) is 0 Å². The fraction of sp³-hybridized carbons (Fsp3) is 0. The molecule has 0 spiro atoms. The van der Waals surface area contributed by atoms with E-state index >= 15 is 0 Å². The Morgan fingerprint density at radius 1 is 1.19 bits per heavy atom. The topological polar surface area (TPSA) is 76.0 Å². The molecule has 104 valence electrons. The van der Waals surface area contributed by atoms with Crippen LogP contribution in [0.15, 0.2) is 53.1 Å². The van der Waals surface area contributed by atoms with E-state index in [2.05, 4.69) is 20.9 Å². The number of hydrogen-bond donors (Lipinski definition) is 1. The van der Waals surface area contributed by atoms with Crippen LogP contribution < -0.4 is 0 Å². The zero-order chi connectivity index (χ0) is 15.0. The number of nitrogens with zero attached hydrogens (tertiary/aromatic N) is 1.